The monoisotopic (exact) mass is 405 g/mol. The zero-order valence-corrected chi connectivity index (χ0v) is 15.6. The molecule has 0 amide bonds. The van der Waals surface area contributed by atoms with Crippen LogP contribution in [0.1, 0.15) is 30.9 Å². The lowest BCUT2D eigenvalue weighted by molar-refractivity contribution is 0.143. The highest BCUT2D eigenvalue weighted by molar-refractivity contribution is 14.0. The predicted molar refractivity (Wildman–Crippen MR) is 101 cm³/mol. The molecule has 0 spiro atoms. The molecule has 0 saturated carbocycles. The van der Waals surface area contributed by atoms with Gasteiger partial charge in [-0.3, -0.25) is 4.99 Å². The highest BCUT2D eigenvalue weighted by Crippen LogP contribution is 2.02. The van der Waals surface area contributed by atoms with E-state index >= 15 is 0 Å². The molecule has 4 nitrogen and oxygen atoms in total. The van der Waals surface area contributed by atoms with E-state index in [0.29, 0.717) is 0 Å². The SMILES string of the molecule is CCOCCCCNC(=NC)NCc1ccc(C)cc1.I. The molecule has 1 aromatic carbocycles. The average molecular weight is 405 g/mol. The van der Waals surface area contributed by atoms with Crippen molar-refractivity contribution >= 4 is 29.9 Å². The first-order chi connectivity index (χ1) is 9.76. The Bertz CT molecular complexity index is 393. The quantitative estimate of drug-likeness (QED) is 0.303. The van der Waals surface area contributed by atoms with Crippen molar-refractivity contribution in [1.29, 1.82) is 0 Å². The van der Waals surface area contributed by atoms with Gasteiger partial charge in [0.1, 0.15) is 0 Å². The molecule has 0 radical (unpaired) electrons. The zero-order valence-electron chi connectivity index (χ0n) is 13.3. The Morgan fingerprint density at radius 1 is 1.14 bits per heavy atom. The van der Waals surface area contributed by atoms with Crippen molar-refractivity contribution in [1.82, 2.24) is 10.6 Å². The van der Waals surface area contributed by atoms with Crippen LogP contribution in [0.4, 0.5) is 0 Å². The number of halogens is 1. The van der Waals surface area contributed by atoms with Crippen molar-refractivity contribution in [3.63, 3.8) is 0 Å². The first-order valence-corrected chi connectivity index (χ1v) is 7.34. The van der Waals surface area contributed by atoms with E-state index in [1.807, 2.05) is 6.92 Å². The van der Waals surface area contributed by atoms with Gasteiger partial charge >= 0.3 is 0 Å². The summed E-state index contributed by atoms with van der Waals surface area (Å²) < 4.78 is 5.31. The number of nitrogens with one attached hydrogen (secondary N) is 2. The van der Waals surface area contributed by atoms with E-state index in [1.165, 1.54) is 11.1 Å². The Labute approximate surface area is 145 Å². The molecule has 1 aromatic rings. The Morgan fingerprint density at radius 3 is 2.48 bits per heavy atom. The number of guanidine groups is 1. The molecule has 0 atom stereocenters. The zero-order chi connectivity index (χ0) is 14.6. The first kappa shape index (κ1) is 20.2. The van der Waals surface area contributed by atoms with Gasteiger partial charge in [0.25, 0.3) is 0 Å². The second-order valence-corrected chi connectivity index (χ2v) is 4.74. The third-order valence-corrected chi connectivity index (χ3v) is 3.02. The second-order valence-electron chi connectivity index (χ2n) is 4.74. The molecule has 21 heavy (non-hydrogen) atoms. The summed E-state index contributed by atoms with van der Waals surface area (Å²) >= 11 is 0. The maximum Gasteiger partial charge on any atom is 0.191 e. The first-order valence-electron chi connectivity index (χ1n) is 7.34. The van der Waals surface area contributed by atoms with Gasteiger partial charge in [-0.1, -0.05) is 29.8 Å². The Balaban J connectivity index is 0.00000400. The molecule has 0 aliphatic heterocycles. The number of nitrogens with zero attached hydrogens (tertiary/aromatic N) is 1. The molecule has 0 bridgehead atoms. The van der Waals surface area contributed by atoms with Gasteiger partial charge in [0.2, 0.25) is 0 Å². The van der Waals surface area contributed by atoms with Crippen LogP contribution in [-0.4, -0.2) is 32.8 Å². The van der Waals surface area contributed by atoms with Gasteiger partial charge in [0, 0.05) is 33.4 Å². The summed E-state index contributed by atoms with van der Waals surface area (Å²) in [6.45, 7) is 7.47. The molecule has 2 N–H and O–H groups in total. The lowest BCUT2D eigenvalue weighted by Crippen LogP contribution is -2.37. The highest BCUT2D eigenvalue weighted by Gasteiger charge is 1.98. The van der Waals surface area contributed by atoms with E-state index in [4.69, 9.17) is 4.74 Å². The fourth-order valence-electron chi connectivity index (χ4n) is 1.79. The smallest absolute Gasteiger partial charge is 0.191 e. The van der Waals surface area contributed by atoms with Crippen LogP contribution in [0.25, 0.3) is 0 Å². The van der Waals surface area contributed by atoms with Gasteiger partial charge < -0.3 is 15.4 Å². The molecule has 0 heterocycles. The largest absolute Gasteiger partial charge is 0.382 e. The fraction of sp³-hybridized carbons (Fsp3) is 0.562. The number of ether oxygens (including phenoxy) is 1. The molecule has 0 aliphatic carbocycles. The Morgan fingerprint density at radius 2 is 1.86 bits per heavy atom. The van der Waals surface area contributed by atoms with Crippen LogP contribution >= 0.6 is 24.0 Å². The van der Waals surface area contributed by atoms with E-state index in [0.717, 1.165) is 45.1 Å². The van der Waals surface area contributed by atoms with Gasteiger partial charge in [-0.05, 0) is 32.3 Å². The minimum absolute atomic E-state index is 0. The van der Waals surface area contributed by atoms with Gasteiger partial charge in [-0.2, -0.15) is 0 Å². The summed E-state index contributed by atoms with van der Waals surface area (Å²) in [7, 11) is 1.80. The number of aliphatic imine (C=N–C) groups is 1. The summed E-state index contributed by atoms with van der Waals surface area (Å²) in [5, 5.41) is 6.63. The maximum absolute atomic E-state index is 5.31. The van der Waals surface area contributed by atoms with Crippen LogP contribution in [0.3, 0.4) is 0 Å². The van der Waals surface area contributed by atoms with Crippen molar-refractivity contribution in [3.8, 4) is 0 Å². The van der Waals surface area contributed by atoms with E-state index in [-0.39, 0.29) is 24.0 Å². The average Bonchev–Trinajstić information content (AvgIpc) is 2.47. The minimum atomic E-state index is 0. The molecule has 0 fully saturated rings. The number of rotatable bonds is 8. The van der Waals surface area contributed by atoms with E-state index < -0.39 is 0 Å². The van der Waals surface area contributed by atoms with Gasteiger partial charge in [-0.15, -0.1) is 24.0 Å². The van der Waals surface area contributed by atoms with Crippen molar-refractivity contribution in [2.75, 3.05) is 26.8 Å². The second kappa shape index (κ2) is 12.9. The molecule has 5 heteroatoms. The minimum Gasteiger partial charge on any atom is -0.382 e. The van der Waals surface area contributed by atoms with Crippen molar-refractivity contribution in [2.45, 2.75) is 33.2 Å². The standard InChI is InChI=1S/C16H27N3O.HI/c1-4-20-12-6-5-11-18-16(17-3)19-13-15-9-7-14(2)8-10-15;/h7-10H,4-6,11-13H2,1-3H3,(H2,17,18,19);1H. The number of benzene rings is 1. The molecule has 0 saturated heterocycles. The van der Waals surface area contributed by atoms with Crippen LogP contribution in [0.2, 0.25) is 0 Å². The lowest BCUT2D eigenvalue weighted by Gasteiger charge is -2.12. The van der Waals surface area contributed by atoms with Gasteiger partial charge in [0.15, 0.2) is 5.96 Å². The maximum atomic E-state index is 5.31. The van der Waals surface area contributed by atoms with E-state index in [9.17, 15) is 0 Å². The Hall–Kier alpha value is -0.820. The highest BCUT2D eigenvalue weighted by atomic mass is 127. The number of hydrogen-bond acceptors (Lipinski definition) is 2. The molecular weight excluding hydrogens is 377 g/mol. The van der Waals surface area contributed by atoms with Gasteiger partial charge in [0.05, 0.1) is 0 Å². The molecule has 0 aromatic heterocycles. The summed E-state index contributed by atoms with van der Waals surface area (Å²) in [5.74, 6) is 0.849. The molecular formula is C16H28IN3O. The van der Waals surface area contributed by atoms with Gasteiger partial charge in [-0.25, -0.2) is 0 Å². The summed E-state index contributed by atoms with van der Waals surface area (Å²) in [4.78, 5) is 4.22. The van der Waals surface area contributed by atoms with Crippen LogP contribution < -0.4 is 10.6 Å². The molecule has 1 rings (SSSR count). The van der Waals surface area contributed by atoms with E-state index in [1.54, 1.807) is 7.05 Å². The van der Waals surface area contributed by atoms with Crippen LogP contribution in [-0.2, 0) is 11.3 Å². The molecule has 0 unspecified atom stereocenters. The number of unbranched alkanes of at least 4 members (excludes halogenated alkanes) is 1. The van der Waals surface area contributed by atoms with Crippen LogP contribution in [0, 0.1) is 6.92 Å². The lowest BCUT2D eigenvalue weighted by atomic mass is 10.1. The van der Waals surface area contributed by atoms with Crippen LogP contribution in [0.5, 0.6) is 0 Å². The normalized spacial score (nSPS) is 10.9. The van der Waals surface area contributed by atoms with Crippen molar-refractivity contribution in [2.24, 2.45) is 4.99 Å². The predicted octanol–water partition coefficient (Wildman–Crippen LogP) is 3.09. The number of hydrogen-bond donors (Lipinski definition) is 2. The van der Waals surface area contributed by atoms with Crippen LogP contribution in [0.15, 0.2) is 29.3 Å². The fourth-order valence-corrected chi connectivity index (χ4v) is 1.79. The number of aryl methyl sites for hydroxylation is 1. The molecule has 120 valence electrons. The third-order valence-electron chi connectivity index (χ3n) is 3.02. The molecule has 0 aliphatic rings. The van der Waals surface area contributed by atoms with E-state index in [2.05, 4.69) is 46.8 Å². The topological polar surface area (TPSA) is 45.6 Å². The van der Waals surface area contributed by atoms with Crippen molar-refractivity contribution < 1.29 is 4.74 Å². The summed E-state index contributed by atoms with van der Waals surface area (Å²) in [5.41, 5.74) is 2.54. The van der Waals surface area contributed by atoms with Crippen molar-refractivity contribution in [3.05, 3.63) is 35.4 Å². The summed E-state index contributed by atoms with van der Waals surface area (Å²) in [6, 6.07) is 8.53. The Kier molecular flexibility index (Phi) is 12.4. The third kappa shape index (κ3) is 9.68. The summed E-state index contributed by atoms with van der Waals surface area (Å²) in [6.07, 6.45) is 2.17.